The van der Waals surface area contributed by atoms with Crippen LogP contribution in [0.25, 0.3) is 10.9 Å². The zero-order valence-electron chi connectivity index (χ0n) is 12.7. The van der Waals surface area contributed by atoms with Gasteiger partial charge in [-0.2, -0.15) is 0 Å². The molecule has 0 atom stereocenters. The van der Waals surface area contributed by atoms with E-state index in [1.54, 1.807) is 12.1 Å². The number of aromatic nitrogens is 1. The number of hydrogen-bond donors (Lipinski definition) is 4. The molecule has 1 aromatic heterocycles. The number of aliphatic carboxylic acids is 1. The number of rotatable bonds is 6. The minimum atomic E-state index is -1.25. The zero-order valence-corrected chi connectivity index (χ0v) is 12.7. The van der Waals surface area contributed by atoms with Crippen LogP contribution < -0.4 is 15.6 Å². The third kappa shape index (κ3) is 3.32. The summed E-state index contributed by atoms with van der Waals surface area (Å²) in [6, 6.07) is 4.76. The van der Waals surface area contributed by atoms with Crippen LogP contribution >= 0.6 is 0 Å². The standard InChI is InChI=1S/C16H16N2O6/c19-12(20)6-17-15(22)13-14(21)10-4-3-9(24-7-8-1-2-8)5-11(10)18-16(13)23/h3-5,8H,1-2,6-7H2,(H,17,22)(H,19,20)(H2,18,21,23). The number of fused-ring (bicyclic) bond motifs is 1. The Kier molecular flexibility index (Phi) is 4.11. The summed E-state index contributed by atoms with van der Waals surface area (Å²) in [5.41, 5.74) is -0.988. The number of carbonyl (C=O) groups is 2. The fraction of sp³-hybridized carbons (Fsp3) is 0.312. The van der Waals surface area contributed by atoms with Crippen molar-refractivity contribution in [1.82, 2.24) is 10.3 Å². The van der Waals surface area contributed by atoms with Crippen molar-refractivity contribution in [2.45, 2.75) is 12.8 Å². The number of pyridine rings is 1. The van der Waals surface area contributed by atoms with E-state index in [4.69, 9.17) is 9.84 Å². The molecule has 24 heavy (non-hydrogen) atoms. The van der Waals surface area contributed by atoms with Crippen LogP contribution in [-0.2, 0) is 4.79 Å². The summed E-state index contributed by atoms with van der Waals surface area (Å²) < 4.78 is 5.61. The summed E-state index contributed by atoms with van der Waals surface area (Å²) in [6.45, 7) is -0.0406. The summed E-state index contributed by atoms with van der Waals surface area (Å²) in [7, 11) is 0. The molecule has 1 saturated carbocycles. The van der Waals surface area contributed by atoms with Crippen LogP contribution in [0.15, 0.2) is 23.0 Å². The van der Waals surface area contributed by atoms with Crippen molar-refractivity contribution in [1.29, 1.82) is 0 Å². The van der Waals surface area contributed by atoms with Gasteiger partial charge in [-0.05, 0) is 30.9 Å². The molecule has 2 aromatic rings. The molecule has 4 N–H and O–H groups in total. The van der Waals surface area contributed by atoms with E-state index in [0.29, 0.717) is 23.8 Å². The Balaban J connectivity index is 1.91. The summed E-state index contributed by atoms with van der Waals surface area (Å²) in [5.74, 6) is -1.56. The molecular weight excluding hydrogens is 316 g/mol. The molecular formula is C16H16N2O6. The summed E-state index contributed by atoms with van der Waals surface area (Å²) >= 11 is 0. The van der Waals surface area contributed by atoms with Crippen molar-refractivity contribution in [2.75, 3.05) is 13.2 Å². The number of ether oxygens (including phenoxy) is 1. The Morgan fingerprint density at radius 2 is 2.08 bits per heavy atom. The monoisotopic (exact) mass is 332 g/mol. The van der Waals surface area contributed by atoms with E-state index in [9.17, 15) is 19.5 Å². The predicted molar refractivity (Wildman–Crippen MR) is 84.4 cm³/mol. The van der Waals surface area contributed by atoms with Gasteiger partial charge in [-0.15, -0.1) is 0 Å². The van der Waals surface area contributed by atoms with Crippen molar-refractivity contribution in [3.8, 4) is 11.5 Å². The zero-order chi connectivity index (χ0) is 17.3. The number of carbonyl (C=O) groups excluding carboxylic acids is 1. The van der Waals surface area contributed by atoms with Gasteiger partial charge in [0.25, 0.3) is 11.5 Å². The molecule has 0 spiro atoms. The number of carboxylic acid groups (broad SMARTS) is 1. The average Bonchev–Trinajstić information content (AvgIpc) is 3.35. The van der Waals surface area contributed by atoms with E-state index in [1.807, 2.05) is 0 Å². The molecule has 0 radical (unpaired) electrons. The maximum Gasteiger partial charge on any atom is 0.322 e. The Bertz CT molecular complexity index is 869. The first-order valence-electron chi connectivity index (χ1n) is 7.47. The van der Waals surface area contributed by atoms with Crippen molar-refractivity contribution in [3.63, 3.8) is 0 Å². The van der Waals surface area contributed by atoms with Crippen LogP contribution in [0.4, 0.5) is 0 Å². The first-order chi connectivity index (χ1) is 11.5. The Labute approximate surface area is 136 Å². The van der Waals surface area contributed by atoms with Crippen molar-refractivity contribution in [2.24, 2.45) is 5.92 Å². The SMILES string of the molecule is O=C(O)CNC(=O)c1c(O)c2ccc(OCC3CC3)cc2[nH]c1=O. The van der Waals surface area contributed by atoms with Gasteiger partial charge in [0, 0.05) is 11.5 Å². The fourth-order valence-electron chi connectivity index (χ4n) is 2.30. The van der Waals surface area contributed by atoms with Gasteiger partial charge in [-0.25, -0.2) is 0 Å². The number of carboxylic acids is 1. The lowest BCUT2D eigenvalue weighted by atomic mass is 10.1. The average molecular weight is 332 g/mol. The molecule has 8 heteroatoms. The molecule has 1 aliphatic carbocycles. The molecule has 1 amide bonds. The lowest BCUT2D eigenvalue weighted by Gasteiger charge is -2.10. The maximum absolute atomic E-state index is 12.1. The Morgan fingerprint density at radius 1 is 1.33 bits per heavy atom. The lowest BCUT2D eigenvalue weighted by molar-refractivity contribution is -0.135. The number of aromatic amines is 1. The van der Waals surface area contributed by atoms with Crippen LogP contribution in [0.2, 0.25) is 0 Å². The summed E-state index contributed by atoms with van der Waals surface area (Å²) in [5, 5.41) is 21.1. The minimum Gasteiger partial charge on any atom is -0.506 e. The number of aromatic hydroxyl groups is 1. The predicted octanol–water partition coefficient (Wildman–Crippen LogP) is 0.837. The fourth-order valence-corrected chi connectivity index (χ4v) is 2.30. The van der Waals surface area contributed by atoms with Gasteiger partial charge in [0.1, 0.15) is 23.6 Å². The molecule has 0 aliphatic heterocycles. The molecule has 0 unspecified atom stereocenters. The largest absolute Gasteiger partial charge is 0.506 e. The van der Waals surface area contributed by atoms with E-state index in [1.165, 1.54) is 6.07 Å². The van der Waals surface area contributed by atoms with Crippen molar-refractivity contribution < 1.29 is 24.5 Å². The van der Waals surface area contributed by atoms with Crippen LogP contribution in [0.1, 0.15) is 23.2 Å². The number of benzene rings is 1. The summed E-state index contributed by atoms with van der Waals surface area (Å²) in [4.78, 5) is 37.0. The van der Waals surface area contributed by atoms with E-state index in [2.05, 4.69) is 10.3 Å². The van der Waals surface area contributed by atoms with Crippen LogP contribution in [0.3, 0.4) is 0 Å². The first-order valence-corrected chi connectivity index (χ1v) is 7.47. The van der Waals surface area contributed by atoms with Crippen LogP contribution in [-0.4, -0.2) is 40.2 Å². The van der Waals surface area contributed by atoms with E-state index >= 15 is 0 Å². The number of H-pyrrole nitrogens is 1. The van der Waals surface area contributed by atoms with Gasteiger partial charge >= 0.3 is 5.97 Å². The normalized spacial score (nSPS) is 13.7. The Hall–Kier alpha value is -3.03. The highest BCUT2D eigenvalue weighted by atomic mass is 16.5. The first kappa shape index (κ1) is 15.9. The quantitative estimate of drug-likeness (QED) is 0.620. The van der Waals surface area contributed by atoms with Gasteiger partial charge in [0.05, 0.1) is 12.1 Å². The molecule has 1 heterocycles. The maximum atomic E-state index is 12.1. The highest BCUT2D eigenvalue weighted by Gasteiger charge is 2.22. The molecule has 3 rings (SSSR count). The smallest absolute Gasteiger partial charge is 0.322 e. The van der Waals surface area contributed by atoms with Gasteiger partial charge in [0.2, 0.25) is 0 Å². The number of nitrogens with one attached hydrogen (secondary N) is 2. The molecule has 8 nitrogen and oxygen atoms in total. The second kappa shape index (κ2) is 6.23. The van der Waals surface area contributed by atoms with E-state index in [-0.39, 0.29) is 5.39 Å². The molecule has 0 bridgehead atoms. The van der Waals surface area contributed by atoms with E-state index < -0.39 is 35.3 Å². The van der Waals surface area contributed by atoms with Gasteiger partial charge < -0.3 is 25.3 Å². The molecule has 1 fully saturated rings. The van der Waals surface area contributed by atoms with Gasteiger partial charge in [-0.1, -0.05) is 0 Å². The highest BCUT2D eigenvalue weighted by Crippen LogP contribution is 2.31. The molecule has 1 aliphatic rings. The second-order valence-electron chi connectivity index (χ2n) is 5.72. The lowest BCUT2D eigenvalue weighted by Crippen LogP contribution is -2.33. The molecule has 126 valence electrons. The number of hydrogen-bond acceptors (Lipinski definition) is 5. The second-order valence-corrected chi connectivity index (χ2v) is 5.72. The topological polar surface area (TPSA) is 129 Å². The van der Waals surface area contributed by atoms with Crippen molar-refractivity contribution >= 4 is 22.8 Å². The highest BCUT2D eigenvalue weighted by molar-refractivity contribution is 6.03. The van der Waals surface area contributed by atoms with E-state index in [0.717, 1.165) is 12.8 Å². The molecule has 1 aromatic carbocycles. The summed E-state index contributed by atoms with van der Waals surface area (Å²) in [6.07, 6.45) is 2.31. The number of amides is 1. The van der Waals surface area contributed by atoms with Gasteiger partial charge in [0.15, 0.2) is 0 Å². The molecule has 0 saturated heterocycles. The Morgan fingerprint density at radius 3 is 2.75 bits per heavy atom. The third-order valence-corrected chi connectivity index (χ3v) is 3.77. The third-order valence-electron chi connectivity index (χ3n) is 3.77. The van der Waals surface area contributed by atoms with Crippen molar-refractivity contribution in [3.05, 3.63) is 34.1 Å². The minimum absolute atomic E-state index is 0.272. The van der Waals surface area contributed by atoms with Gasteiger partial charge in [-0.3, -0.25) is 14.4 Å². The van der Waals surface area contributed by atoms with Crippen LogP contribution in [0, 0.1) is 5.92 Å². The van der Waals surface area contributed by atoms with Crippen LogP contribution in [0.5, 0.6) is 11.5 Å².